The van der Waals surface area contributed by atoms with E-state index in [1.54, 1.807) is 0 Å². The predicted octanol–water partition coefficient (Wildman–Crippen LogP) is 0.997. The van der Waals surface area contributed by atoms with E-state index in [-0.39, 0.29) is 25.1 Å². The van der Waals surface area contributed by atoms with Crippen molar-refractivity contribution in [3.63, 3.8) is 0 Å². The van der Waals surface area contributed by atoms with Crippen LogP contribution in [0.2, 0.25) is 0 Å². The van der Waals surface area contributed by atoms with E-state index in [4.69, 9.17) is 19.3 Å². The smallest absolute Gasteiger partial charge is 0.329 e. The normalized spacial score (nSPS) is 11.8. The van der Waals surface area contributed by atoms with E-state index in [9.17, 15) is 14.4 Å². The van der Waals surface area contributed by atoms with Crippen molar-refractivity contribution in [3.05, 3.63) is 0 Å². The molecule has 0 aliphatic heterocycles. The third kappa shape index (κ3) is 16.2. The molecule has 9 heteroatoms. The Labute approximate surface area is 160 Å². The van der Waals surface area contributed by atoms with E-state index >= 15 is 0 Å². The summed E-state index contributed by atoms with van der Waals surface area (Å²) in [5.41, 5.74) is 0. The molecular formula is C18H33NO8. The quantitative estimate of drug-likeness (QED) is 0.262. The first kappa shape index (κ1) is 25.3. The summed E-state index contributed by atoms with van der Waals surface area (Å²) in [5.74, 6) is -1.71. The third-order valence-electron chi connectivity index (χ3n) is 3.60. The van der Waals surface area contributed by atoms with Crippen LogP contribution in [0.1, 0.15) is 39.5 Å². The maximum atomic E-state index is 11.9. The first-order valence-electron chi connectivity index (χ1n) is 9.39. The summed E-state index contributed by atoms with van der Waals surface area (Å²) in [7, 11) is 0. The van der Waals surface area contributed by atoms with Gasteiger partial charge < -0.3 is 29.4 Å². The van der Waals surface area contributed by atoms with Crippen LogP contribution in [0.25, 0.3) is 0 Å². The lowest BCUT2D eigenvalue weighted by Gasteiger charge is -2.13. The van der Waals surface area contributed by atoms with E-state index in [2.05, 4.69) is 17.0 Å². The molecule has 0 saturated carbocycles. The number of hydrogen-bond acceptors (Lipinski definition) is 7. The number of aliphatic carboxylic acids is 1. The van der Waals surface area contributed by atoms with Crippen molar-refractivity contribution in [2.24, 2.45) is 5.92 Å². The Hall–Kier alpha value is -1.71. The Morgan fingerprint density at radius 2 is 1.59 bits per heavy atom. The minimum atomic E-state index is -1.12. The Bertz CT molecular complexity index is 416. The first-order chi connectivity index (χ1) is 13.0. The number of carboxylic acid groups (broad SMARTS) is 1. The van der Waals surface area contributed by atoms with Gasteiger partial charge in [0.2, 0.25) is 5.91 Å². The lowest BCUT2D eigenvalue weighted by molar-refractivity contribution is -0.150. The number of carbonyl (C=O) groups excluding carboxylic acids is 2. The van der Waals surface area contributed by atoms with Gasteiger partial charge in [-0.25, -0.2) is 4.79 Å². The van der Waals surface area contributed by atoms with Crippen molar-refractivity contribution in [1.29, 1.82) is 0 Å². The number of esters is 1. The summed E-state index contributed by atoms with van der Waals surface area (Å²) in [6.07, 6.45) is 3.74. The molecule has 1 atom stereocenters. The summed E-state index contributed by atoms with van der Waals surface area (Å²) >= 11 is 0. The number of carboxylic acids is 1. The van der Waals surface area contributed by atoms with E-state index in [0.717, 1.165) is 25.7 Å². The molecule has 9 nitrogen and oxygen atoms in total. The van der Waals surface area contributed by atoms with Crippen LogP contribution >= 0.6 is 0 Å². The number of amides is 1. The molecule has 1 amide bonds. The predicted molar refractivity (Wildman–Crippen MR) is 97.4 cm³/mol. The first-order valence-corrected chi connectivity index (χ1v) is 9.39. The summed E-state index contributed by atoms with van der Waals surface area (Å²) in [6, 6.07) is 0. The zero-order valence-electron chi connectivity index (χ0n) is 16.4. The van der Waals surface area contributed by atoms with Gasteiger partial charge in [0.05, 0.1) is 32.3 Å². The molecule has 158 valence electrons. The molecule has 1 unspecified atom stereocenters. The van der Waals surface area contributed by atoms with Gasteiger partial charge in [0.1, 0.15) is 19.8 Å². The van der Waals surface area contributed by atoms with Crippen molar-refractivity contribution in [3.8, 4) is 0 Å². The lowest BCUT2D eigenvalue weighted by Crippen LogP contribution is -2.31. The highest BCUT2D eigenvalue weighted by molar-refractivity contribution is 5.77. The Morgan fingerprint density at radius 3 is 2.22 bits per heavy atom. The molecular weight excluding hydrogens is 358 g/mol. The van der Waals surface area contributed by atoms with Crippen molar-refractivity contribution in [1.82, 2.24) is 5.32 Å². The van der Waals surface area contributed by atoms with Crippen LogP contribution in [0.4, 0.5) is 0 Å². The van der Waals surface area contributed by atoms with E-state index < -0.39 is 18.5 Å². The zero-order valence-corrected chi connectivity index (χ0v) is 16.4. The molecule has 0 aliphatic rings. The molecule has 2 N–H and O–H groups in total. The second kappa shape index (κ2) is 17.7. The molecule has 0 aromatic rings. The minimum Gasteiger partial charge on any atom is -0.480 e. The molecule has 0 spiro atoms. The monoisotopic (exact) mass is 391 g/mol. The molecule has 0 aliphatic carbocycles. The van der Waals surface area contributed by atoms with Gasteiger partial charge in [0.15, 0.2) is 0 Å². The highest BCUT2D eigenvalue weighted by atomic mass is 16.6. The fraction of sp³-hybridized carbons (Fsp3) is 0.833. The van der Waals surface area contributed by atoms with Gasteiger partial charge in [-0.3, -0.25) is 9.59 Å². The average molecular weight is 391 g/mol. The van der Waals surface area contributed by atoms with Crippen molar-refractivity contribution >= 4 is 17.8 Å². The highest BCUT2D eigenvalue weighted by Crippen LogP contribution is 2.14. The molecule has 0 aromatic heterocycles. The van der Waals surface area contributed by atoms with Crippen molar-refractivity contribution < 1.29 is 38.4 Å². The Balaban J connectivity index is 3.43. The van der Waals surface area contributed by atoms with Gasteiger partial charge in [0.25, 0.3) is 0 Å². The van der Waals surface area contributed by atoms with Crippen LogP contribution in [-0.2, 0) is 33.3 Å². The maximum Gasteiger partial charge on any atom is 0.329 e. The summed E-state index contributed by atoms with van der Waals surface area (Å²) in [6.45, 7) is 5.14. The molecule has 0 saturated heterocycles. The van der Waals surface area contributed by atoms with Crippen LogP contribution in [0, 0.1) is 5.92 Å². The zero-order chi connectivity index (χ0) is 20.3. The van der Waals surface area contributed by atoms with Gasteiger partial charge in [-0.15, -0.1) is 0 Å². The minimum absolute atomic E-state index is 0.0296. The molecule has 0 fully saturated rings. The van der Waals surface area contributed by atoms with E-state index in [0.29, 0.717) is 33.0 Å². The number of nitrogens with one attached hydrogen (secondary N) is 1. The van der Waals surface area contributed by atoms with Crippen LogP contribution < -0.4 is 5.32 Å². The topological polar surface area (TPSA) is 120 Å². The number of rotatable bonds is 18. The van der Waals surface area contributed by atoms with Crippen LogP contribution in [0.3, 0.4) is 0 Å². The standard InChI is InChI=1S/C18H33NO8/c1-3-5-6-15(4-2)18(23)27-12-11-25-10-9-24-8-7-19-16(20)13-26-14-17(21)22/h15H,3-14H2,1-2H3,(H,19,20)(H,21,22). The number of carbonyl (C=O) groups is 3. The van der Waals surface area contributed by atoms with Crippen molar-refractivity contribution in [2.75, 3.05) is 52.8 Å². The van der Waals surface area contributed by atoms with Gasteiger partial charge in [-0.1, -0.05) is 26.7 Å². The average Bonchev–Trinajstić information content (AvgIpc) is 2.63. The van der Waals surface area contributed by atoms with Crippen LogP contribution in [0.15, 0.2) is 0 Å². The molecule has 0 rings (SSSR count). The highest BCUT2D eigenvalue weighted by Gasteiger charge is 2.16. The summed E-state index contributed by atoms with van der Waals surface area (Å²) in [5, 5.41) is 10.9. The summed E-state index contributed by atoms with van der Waals surface area (Å²) < 4.78 is 20.4. The molecule has 0 bridgehead atoms. The third-order valence-corrected chi connectivity index (χ3v) is 3.60. The fourth-order valence-corrected chi connectivity index (χ4v) is 2.12. The maximum absolute atomic E-state index is 11.9. The molecule has 27 heavy (non-hydrogen) atoms. The lowest BCUT2D eigenvalue weighted by atomic mass is 10.00. The van der Waals surface area contributed by atoms with Crippen LogP contribution in [0.5, 0.6) is 0 Å². The largest absolute Gasteiger partial charge is 0.480 e. The number of ether oxygens (including phenoxy) is 4. The Morgan fingerprint density at radius 1 is 0.926 bits per heavy atom. The van der Waals surface area contributed by atoms with Gasteiger partial charge in [0, 0.05) is 6.54 Å². The Kier molecular flexibility index (Phi) is 16.6. The molecule has 0 radical (unpaired) electrons. The SMILES string of the molecule is CCCCC(CC)C(=O)OCCOCCOCCNC(=O)COCC(=O)O. The van der Waals surface area contributed by atoms with Crippen LogP contribution in [-0.4, -0.2) is 75.7 Å². The number of unbranched alkanes of at least 4 members (excludes halogenated alkanes) is 1. The van der Waals surface area contributed by atoms with Crippen molar-refractivity contribution in [2.45, 2.75) is 39.5 Å². The van der Waals surface area contributed by atoms with Gasteiger partial charge >= 0.3 is 11.9 Å². The second-order valence-corrected chi connectivity index (χ2v) is 5.88. The van der Waals surface area contributed by atoms with Gasteiger partial charge in [-0.05, 0) is 12.8 Å². The fourth-order valence-electron chi connectivity index (χ4n) is 2.12. The van der Waals surface area contributed by atoms with E-state index in [1.807, 2.05) is 6.92 Å². The second-order valence-electron chi connectivity index (χ2n) is 5.88. The van der Waals surface area contributed by atoms with E-state index in [1.165, 1.54) is 0 Å². The number of hydrogen-bond donors (Lipinski definition) is 2. The van der Waals surface area contributed by atoms with Gasteiger partial charge in [-0.2, -0.15) is 0 Å². The molecule has 0 aromatic carbocycles. The molecule has 0 heterocycles. The summed E-state index contributed by atoms with van der Waals surface area (Å²) in [4.78, 5) is 33.3.